The topological polar surface area (TPSA) is 71.3 Å². The van der Waals surface area contributed by atoms with E-state index < -0.39 is 0 Å². The molecule has 1 fully saturated rings. The van der Waals surface area contributed by atoms with E-state index in [0.717, 1.165) is 42.6 Å². The van der Waals surface area contributed by atoms with Crippen LogP contribution in [0.25, 0.3) is 11.4 Å². The summed E-state index contributed by atoms with van der Waals surface area (Å²) in [5.74, 6) is 1.21. The normalized spacial score (nSPS) is 15.5. The van der Waals surface area contributed by atoms with Crippen LogP contribution in [0.15, 0.2) is 83.4 Å². The Hall–Kier alpha value is -3.48. The van der Waals surface area contributed by atoms with Gasteiger partial charge in [0.25, 0.3) is 0 Å². The number of amides is 1. The van der Waals surface area contributed by atoms with Crippen molar-refractivity contribution in [3.05, 3.63) is 106 Å². The maximum absolute atomic E-state index is 13.3. The van der Waals surface area contributed by atoms with Gasteiger partial charge >= 0.3 is 0 Å². The molecule has 1 saturated heterocycles. The van der Waals surface area contributed by atoms with Crippen LogP contribution in [0.2, 0.25) is 5.02 Å². The zero-order chi connectivity index (χ0) is 24.9. The Labute approximate surface area is 216 Å². The fourth-order valence-corrected chi connectivity index (χ4v) is 4.86. The molecular weight excluding hydrogens is 472 g/mol. The second kappa shape index (κ2) is 11.1. The summed E-state index contributed by atoms with van der Waals surface area (Å²) < 4.78 is 5.47. The van der Waals surface area contributed by atoms with Crippen LogP contribution in [0.3, 0.4) is 0 Å². The molecule has 3 aromatic carbocycles. The van der Waals surface area contributed by atoms with Crippen LogP contribution in [0.4, 0.5) is 0 Å². The van der Waals surface area contributed by atoms with Gasteiger partial charge in [0.15, 0.2) is 0 Å². The zero-order valence-corrected chi connectivity index (χ0v) is 21.0. The lowest BCUT2D eigenvalue weighted by Crippen LogP contribution is -2.41. The Morgan fingerprint density at radius 3 is 2.44 bits per heavy atom. The molecule has 1 aliphatic heterocycles. The summed E-state index contributed by atoms with van der Waals surface area (Å²) in [5, 5.41) is 8.11. The highest BCUT2D eigenvalue weighted by Crippen LogP contribution is 2.27. The number of carbonyl (C=O) groups is 1. The fourth-order valence-electron chi connectivity index (χ4n) is 4.74. The molecule has 0 bridgehead atoms. The second-order valence-corrected chi connectivity index (χ2v) is 9.71. The molecule has 6 nitrogen and oxygen atoms in total. The number of aryl methyl sites for hydroxylation is 1. The van der Waals surface area contributed by atoms with E-state index >= 15 is 0 Å². The lowest BCUT2D eigenvalue weighted by atomic mass is 9.92. The number of halogens is 1. The van der Waals surface area contributed by atoms with Crippen molar-refractivity contribution in [2.45, 2.75) is 32.4 Å². The molecule has 5 rings (SSSR count). The van der Waals surface area contributed by atoms with Gasteiger partial charge in [-0.2, -0.15) is 4.98 Å². The summed E-state index contributed by atoms with van der Waals surface area (Å²) in [7, 11) is 0. The van der Waals surface area contributed by atoms with E-state index in [9.17, 15) is 4.79 Å². The maximum atomic E-state index is 13.3. The van der Waals surface area contributed by atoms with Crippen molar-refractivity contribution in [1.29, 1.82) is 0 Å². The van der Waals surface area contributed by atoms with Crippen molar-refractivity contribution in [2.24, 2.45) is 5.92 Å². The summed E-state index contributed by atoms with van der Waals surface area (Å²) in [6, 6.07) is 25.6. The molecule has 4 aromatic rings. The summed E-state index contributed by atoms with van der Waals surface area (Å²) in [5.41, 5.74) is 4.25. The Kier molecular flexibility index (Phi) is 7.44. The average Bonchev–Trinajstić information content (AvgIpc) is 3.37. The van der Waals surface area contributed by atoms with Crippen molar-refractivity contribution in [3.8, 4) is 11.4 Å². The SMILES string of the molecule is Cc1ccccc1C(NC(=O)C1CCN(Cc2nc(-c3ccc(Cl)cc3)no2)CC1)c1ccccc1. The average molecular weight is 501 g/mol. The molecule has 36 heavy (non-hydrogen) atoms. The number of carbonyl (C=O) groups excluding carboxylic acids is 1. The van der Waals surface area contributed by atoms with Crippen LogP contribution < -0.4 is 5.32 Å². The molecule has 2 heterocycles. The van der Waals surface area contributed by atoms with Gasteiger partial charge < -0.3 is 9.84 Å². The van der Waals surface area contributed by atoms with E-state index in [1.807, 2.05) is 54.6 Å². The minimum absolute atomic E-state index is 0.0243. The molecule has 1 aliphatic rings. The van der Waals surface area contributed by atoms with Crippen LogP contribution in [0.1, 0.15) is 41.5 Å². The minimum atomic E-state index is -0.164. The van der Waals surface area contributed by atoms with E-state index in [0.29, 0.717) is 23.3 Å². The van der Waals surface area contributed by atoms with Crippen LogP contribution in [-0.2, 0) is 11.3 Å². The third-order valence-electron chi connectivity index (χ3n) is 6.81. The second-order valence-electron chi connectivity index (χ2n) is 9.28. The molecule has 0 radical (unpaired) electrons. The molecule has 184 valence electrons. The van der Waals surface area contributed by atoms with Crippen LogP contribution >= 0.6 is 11.6 Å². The van der Waals surface area contributed by atoms with Gasteiger partial charge in [-0.15, -0.1) is 0 Å². The molecule has 1 aromatic heterocycles. The Morgan fingerprint density at radius 1 is 1.03 bits per heavy atom. The first-order valence-corrected chi connectivity index (χ1v) is 12.7. The molecular formula is C29H29ClN4O2. The van der Waals surface area contributed by atoms with Crippen molar-refractivity contribution in [2.75, 3.05) is 13.1 Å². The molecule has 0 spiro atoms. The lowest BCUT2D eigenvalue weighted by Gasteiger charge is -2.31. The molecule has 1 N–H and O–H groups in total. The number of hydrogen-bond acceptors (Lipinski definition) is 5. The van der Waals surface area contributed by atoms with Gasteiger partial charge in [0.1, 0.15) is 0 Å². The predicted octanol–water partition coefficient (Wildman–Crippen LogP) is 5.82. The quantitative estimate of drug-likeness (QED) is 0.346. The number of aromatic nitrogens is 2. The van der Waals surface area contributed by atoms with E-state index in [4.69, 9.17) is 16.1 Å². The highest BCUT2D eigenvalue weighted by Gasteiger charge is 2.28. The molecule has 0 aliphatic carbocycles. The number of benzene rings is 3. The Morgan fingerprint density at radius 2 is 1.72 bits per heavy atom. The lowest BCUT2D eigenvalue weighted by molar-refractivity contribution is -0.127. The van der Waals surface area contributed by atoms with Gasteiger partial charge in [0.2, 0.25) is 17.6 Å². The first kappa shape index (κ1) is 24.2. The molecule has 1 unspecified atom stereocenters. The van der Waals surface area contributed by atoms with E-state index in [1.165, 1.54) is 5.56 Å². The van der Waals surface area contributed by atoms with Crippen molar-refractivity contribution >= 4 is 17.5 Å². The standard InChI is InChI=1S/C29H29ClN4O2/c1-20-7-5-6-10-25(20)27(21-8-3-2-4-9-21)32-29(35)23-15-17-34(18-16-23)19-26-31-28(33-36-26)22-11-13-24(30)14-12-22/h2-14,23,27H,15-19H2,1H3,(H,32,35). The minimum Gasteiger partial charge on any atom is -0.345 e. The first-order chi connectivity index (χ1) is 17.6. The van der Waals surface area contributed by atoms with Crippen LogP contribution in [0.5, 0.6) is 0 Å². The maximum Gasteiger partial charge on any atom is 0.241 e. The van der Waals surface area contributed by atoms with Gasteiger partial charge in [-0.3, -0.25) is 9.69 Å². The summed E-state index contributed by atoms with van der Waals surface area (Å²) >= 11 is 5.96. The highest BCUT2D eigenvalue weighted by atomic mass is 35.5. The van der Waals surface area contributed by atoms with E-state index in [1.54, 1.807) is 0 Å². The smallest absolute Gasteiger partial charge is 0.241 e. The molecule has 1 atom stereocenters. The van der Waals surface area contributed by atoms with E-state index in [-0.39, 0.29) is 17.9 Å². The summed E-state index contributed by atoms with van der Waals surface area (Å²) in [6.45, 7) is 4.27. The summed E-state index contributed by atoms with van der Waals surface area (Å²) in [6.07, 6.45) is 1.58. The van der Waals surface area contributed by atoms with Gasteiger partial charge in [-0.05, 0) is 73.8 Å². The van der Waals surface area contributed by atoms with Crippen LogP contribution in [-0.4, -0.2) is 34.0 Å². The monoisotopic (exact) mass is 500 g/mol. The van der Waals surface area contributed by atoms with Crippen molar-refractivity contribution in [1.82, 2.24) is 20.4 Å². The number of nitrogens with one attached hydrogen (secondary N) is 1. The number of nitrogens with zero attached hydrogens (tertiary/aromatic N) is 3. The number of hydrogen-bond donors (Lipinski definition) is 1. The largest absolute Gasteiger partial charge is 0.345 e. The number of rotatable bonds is 7. The van der Waals surface area contributed by atoms with E-state index in [2.05, 4.69) is 51.5 Å². The van der Waals surface area contributed by atoms with Crippen LogP contribution in [0, 0.1) is 12.8 Å². The highest BCUT2D eigenvalue weighted by molar-refractivity contribution is 6.30. The third-order valence-corrected chi connectivity index (χ3v) is 7.06. The number of likely N-dealkylation sites (tertiary alicyclic amines) is 1. The van der Waals surface area contributed by atoms with Gasteiger partial charge in [0, 0.05) is 16.5 Å². The zero-order valence-electron chi connectivity index (χ0n) is 20.2. The molecule has 1 amide bonds. The predicted molar refractivity (Wildman–Crippen MR) is 140 cm³/mol. The Bertz CT molecular complexity index is 1300. The van der Waals surface area contributed by atoms with Gasteiger partial charge in [0.05, 0.1) is 12.6 Å². The van der Waals surface area contributed by atoms with Crippen molar-refractivity contribution in [3.63, 3.8) is 0 Å². The molecule has 7 heteroatoms. The summed E-state index contributed by atoms with van der Waals surface area (Å²) in [4.78, 5) is 20.1. The Balaban J connectivity index is 1.19. The van der Waals surface area contributed by atoms with Crippen molar-refractivity contribution < 1.29 is 9.32 Å². The van der Waals surface area contributed by atoms with Gasteiger partial charge in [-0.1, -0.05) is 71.4 Å². The molecule has 0 saturated carbocycles. The van der Waals surface area contributed by atoms with Gasteiger partial charge in [-0.25, -0.2) is 0 Å². The third kappa shape index (κ3) is 5.66. The number of piperidine rings is 1. The first-order valence-electron chi connectivity index (χ1n) is 12.3. The fraction of sp³-hybridized carbons (Fsp3) is 0.276.